The third kappa shape index (κ3) is 6.28. The fourth-order valence-corrected chi connectivity index (χ4v) is 4.46. The lowest BCUT2D eigenvalue weighted by molar-refractivity contribution is -0.136. The number of hydrogen-bond donors (Lipinski definition) is 2. The normalized spacial score (nSPS) is 15.0. The maximum Gasteiger partial charge on any atom is 0.328 e. The van der Waals surface area contributed by atoms with Gasteiger partial charge < -0.3 is 20.9 Å². The van der Waals surface area contributed by atoms with Crippen LogP contribution in [0.2, 0.25) is 0 Å². The van der Waals surface area contributed by atoms with Crippen LogP contribution in [-0.4, -0.2) is 32.7 Å². The fourth-order valence-electron chi connectivity index (χ4n) is 2.77. The van der Waals surface area contributed by atoms with E-state index < -0.39 is 21.8 Å². The lowest BCUT2D eigenvalue weighted by Gasteiger charge is -2.11. The Morgan fingerprint density at radius 2 is 1.55 bits per heavy atom. The Kier molecular flexibility index (Phi) is 6.89. The number of carbonyl (C=O) groups excluding carboxylic acids is 1. The molecule has 1 unspecified atom stereocenters. The molecule has 1 saturated carbocycles. The number of hydrogen-bond acceptors (Lipinski definition) is 7. The van der Waals surface area contributed by atoms with Crippen LogP contribution in [0.5, 0.6) is 17.2 Å². The largest absolute Gasteiger partial charge is 0.457 e. The average molecular weight is 419 g/mol. The van der Waals surface area contributed by atoms with Gasteiger partial charge in [0, 0.05) is 0 Å². The maximum absolute atomic E-state index is 12.3. The summed E-state index contributed by atoms with van der Waals surface area (Å²) >= 11 is 0. The molecule has 0 radical (unpaired) electrons. The number of nitrogens with two attached hydrogens (primary N) is 2. The van der Waals surface area contributed by atoms with E-state index in [1.165, 1.54) is 0 Å². The predicted molar refractivity (Wildman–Crippen MR) is 110 cm³/mol. The number of ether oxygens (including phenoxy) is 2. The zero-order valence-corrected chi connectivity index (χ0v) is 16.9. The molecule has 8 heteroatoms. The minimum Gasteiger partial charge on any atom is -0.457 e. The number of esters is 1. The van der Waals surface area contributed by atoms with E-state index in [-0.39, 0.29) is 5.75 Å². The number of sulfone groups is 1. The van der Waals surface area contributed by atoms with Crippen molar-refractivity contribution >= 4 is 15.8 Å². The van der Waals surface area contributed by atoms with Crippen LogP contribution in [0.4, 0.5) is 0 Å². The van der Waals surface area contributed by atoms with E-state index in [2.05, 4.69) is 0 Å². The smallest absolute Gasteiger partial charge is 0.328 e. The topological polar surface area (TPSA) is 122 Å². The van der Waals surface area contributed by atoms with Crippen molar-refractivity contribution in [1.29, 1.82) is 0 Å². The molecule has 2 aromatic rings. The van der Waals surface area contributed by atoms with E-state index in [0.29, 0.717) is 47.4 Å². The Hall–Kier alpha value is -2.42. The van der Waals surface area contributed by atoms with E-state index in [9.17, 15) is 13.2 Å². The summed E-state index contributed by atoms with van der Waals surface area (Å²) in [4.78, 5) is 12.2. The highest BCUT2D eigenvalue weighted by molar-refractivity contribution is 7.91. The number of benzene rings is 2. The maximum atomic E-state index is 12.3. The SMILES string of the molecule is NCCCC(N)C(=O)Oc1ccc(Oc2ccc(S(=O)(=O)CC3CC3)cc2)cc1. The van der Waals surface area contributed by atoms with Crippen molar-refractivity contribution in [2.24, 2.45) is 17.4 Å². The molecule has 0 amide bonds. The Labute approximate surface area is 170 Å². The van der Waals surface area contributed by atoms with Gasteiger partial charge in [0.05, 0.1) is 10.6 Å². The van der Waals surface area contributed by atoms with Gasteiger partial charge in [0.15, 0.2) is 9.84 Å². The van der Waals surface area contributed by atoms with Crippen LogP contribution in [0, 0.1) is 5.92 Å². The summed E-state index contributed by atoms with van der Waals surface area (Å²) in [6, 6.07) is 12.2. The van der Waals surface area contributed by atoms with Crippen molar-refractivity contribution in [1.82, 2.24) is 0 Å². The first-order valence-corrected chi connectivity index (χ1v) is 11.3. The molecule has 1 atom stereocenters. The summed E-state index contributed by atoms with van der Waals surface area (Å²) in [6.45, 7) is 0.473. The monoisotopic (exact) mass is 418 g/mol. The predicted octanol–water partition coefficient (Wildman–Crippen LogP) is 2.63. The highest BCUT2D eigenvalue weighted by atomic mass is 32.2. The van der Waals surface area contributed by atoms with E-state index >= 15 is 0 Å². The van der Waals surface area contributed by atoms with Gasteiger partial charge in [0.25, 0.3) is 0 Å². The van der Waals surface area contributed by atoms with Crippen molar-refractivity contribution in [3.63, 3.8) is 0 Å². The molecule has 0 bridgehead atoms. The van der Waals surface area contributed by atoms with Gasteiger partial charge >= 0.3 is 5.97 Å². The van der Waals surface area contributed by atoms with Gasteiger partial charge in [-0.3, -0.25) is 0 Å². The zero-order chi connectivity index (χ0) is 20.9. The van der Waals surface area contributed by atoms with Crippen LogP contribution in [0.1, 0.15) is 25.7 Å². The lowest BCUT2D eigenvalue weighted by atomic mass is 10.2. The van der Waals surface area contributed by atoms with Crippen molar-refractivity contribution in [2.75, 3.05) is 12.3 Å². The zero-order valence-electron chi connectivity index (χ0n) is 16.1. The van der Waals surface area contributed by atoms with Crippen molar-refractivity contribution in [3.05, 3.63) is 48.5 Å². The van der Waals surface area contributed by atoms with Crippen LogP contribution < -0.4 is 20.9 Å². The molecule has 1 aliphatic carbocycles. The Balaban J connectivity index is 1.56. The van der Waals surface area contributed by atoms with Gasteiger partial charge in [0.1, 0.15) is 23.3 Å². The molecular weight excluding hydrogens is 392 g/mol. The lowest BCUT2D eigenvalue weighted by Crippen LogP contribution is -2.34. The minimum atomic E-state index is -3.24. The molecule has 0 aromatic heterocycles. The van der Waals surface area contributed by atoms with Crippen molar-refractivity contribution in [3.8, 4) is 17.2 Å². The average Bonchev–Trinajstić information content (AvgIpc) is 3.51. The quantitative estimate of drug-likeness (QED) is 0.449. The minimum absolute atomic E-state index is 0.212. The summed E-state index contributed by atoms with van der Waals surface area (Å²) in [5.41, 5.74) is 11.2. The van der Waals surface area contributed by atoms with E-state index in [4.69, 9.17) is 20.9 Å². The molecule has 0 spiro atoms. The van der Waals surface area contributed by atoms with E-state index in [1.807, 2.05) is 0 Å². The number of rotatable bonds is 10. The van der Waals surface area contributed by atoms with Gasteiger partial charge in [-0.25, -0.2) is 13.2 Å². The van der Waals surface area contributed by atoms with Crippen LogP contribution in [-0.2, 0) is 14.6 Å². The van der Waals surface area contributed by atoms with Crippen LogP contribution in [0.25, 0.3) is 0 Å². The van der Waals surface area contributed by atoms with Gasteiger partial charge in [-0.05, 0) is 86.7 Å². The summed E-state index contributed by atoms with van der Waals surface area (Å²) in [6.07, 6.45) is 3.11. The summed E-state index contributed by atoms with van der Waals surface area (Å²) in [5, 5.41) is 0. The summed E-state index contributed by atoms with van der Waals surface area (Å²) in [5.74, 6) is 1.43. The van der Waals surface area contributed by atoms with Crippen LogP contribution >= 0.6 is 0 Å². The third-order valence-corrected chi connectivity index (χ3v) is 6.54. The van der Waals surface area contributed by atoms with Crippen molar-refractivity contribution in [2.45, 2.75) is 36.6 Å². The van der Waals surface area contributed by atoms with Gasteiger partial charge in [0.2, 0.25) is 0 Å². The molecule has 0 heterocycles. The molecule has 156 valence electrons. The van der Waals surface area contributed by atoms with Gasteiger partial charge in [-0.2, -0.15) is 0 Å². The third-order valence-electron chi connectivity index (χ3n) is 4.63. The summed E-state index contributed by atoms with van der Waals surface area (Å²) < 4.78 is 35.5. The summed E-state index contributed by atoms with van der Waals surface area (Å²) in [7, 11) is -3.24. The molecule has 3 rings (SSSR count). The van der Waals surface area contributed by atoms with Crippen molar-refractivity contribution < 1.29 is 22.7 Å². The standard InChI is InChI=1S/C21H26N2O5S/c22-13-1-2-20(23)21(24)28-18-7-5-16(6-8-18)27-17-9-11-19(12-10-17)29(25,26)14-15-3-4-15/h5-12,15,20H,1-4,13-14,22-23H2. The molecule has 0 aliphatic heterocycles. The first-order chi connectivity index (χ1) is 13.9. The van der Waals surface area contributed by atoms with E-state index in [1.54, 1.807) is 48.5 Å². The Morgan fingerprint density at radius 1 is 1.00 bits per heavy atom. The molecule has 2 aromatic carbocycles. The Morgan fingerprint density at radius 3 is 2.10 bits per heavy atom. The molecule has 4 N–H and O–H groups in total. The first kappa shape index (κ1) is 21.3. The molecule has 1 aliphatic rings. The second-order valence-corrected chi connectivity index (χ2v) is 9.26. The molecule has 1 fully saturated rings. The van der Waals surface area contributed by atoms with Gasteiger partial charge in [-0.15, -0.1) is 0 Å². The second-order valence-electron chi connectivity index (χ2n) is 7.23. The van der Waals surface area contributed by atoms with Crippen LogP contribution in [0.3, 0.4) is 0 Å². The Bertz CT molecular complexity index is 923. The highest BCUT2D eigenvalue weighted by Crippen LogP contribution is 2.33. The molecule has 0 saturated heterocycles. The molecule has 29 heavy (non-hydrogen) atoms. The molecule has 7 nitrogen and oxygen atoms in total. The number of carbonyl (C=O) groups is 1. The molecular formula is C21H26N2O5S. The van der Waals surface area contributed by atoms with Gasteiger partial charge in [-0.1, -0.05) is 0 Å². The highest BCUT2D eigenvalue weighted by Gasteiger charge is 2.29. The van der Waals surface area contributed by atoms with Crippen LogP contribution in [0.15, 0.2) is 53.4 Å². The van der Waals surface area contributed by atoms with E-state index in [0.717, 1.165) is 12.8 Å². The first-order valence-electron chi connectivity index (χ1n) is 9.65. The fraction of sp³-hybridized carbons (Fsp3) is 0.381. The second kappa shape index (κ2) is 9.39.